The van der Waals surface area contributed by atoms with Gasteiger partial charge in [0.15, 0.2) is 5.58 Å². The minimum Gasteiger partial charge on any atom is -0.478 e. The molecule has 21 heavy (non-hydrogen) atoms. The van der Waals surface area contributed by atoms with E-state index in [1.165, 1.54) is 17.7 Å². The molecule has 5 nitrogen and oxygen atoms in total. The van der Waals surface area contributed by atoms with Gasteiger partial charge in [-0.15, -0.1) is 0 Å². The number of aromatic nitrogens is 1. The van der Waals surface area contributed by atoms with Gasteiger partial charge in [0, 0.05) is 0 Å². The van der Waals surface area contributed by atoms with Gasteiger partial charge in [-0.2, -0.15) is 4.98 Å². The second kappa shape index (κ2) is 4.94. The Morgan fingerprint density at radius 2 is 1.95 bits per heavy atom. The van der Waals surface area contributed by atoms with Crippen molar-refractivity contribution >= 4 is 17.1 Å². The van der Waals surface area contributed by atoms with Gasteiger partial charge in [-0.25, -0.2) is 4.79 Å². The number of nitrogens with zero attached hydrogens (tertiary/aromatic N) is 1. The highest BCUT2D eigenvalue weighted by atomic mass is 16.6. The highest BCUT2D eigenvalue weighted by Crippen LogP contribution is 2.27. The van der Waals surface area contributed by atoms with E-state index in [4.69, 9.17) is 14.3 Å². The molecule has 5 heteroatoms. The topological polar surface area (TPSA) is 72.6 Å². The molecule has 0 bridgehead atoms. The van der Waals surface area contributed by atoms with Crippen LogP contribution in [0.3, 0.4) is 0 Å². The zero-order valence-electron chi connectivity index (χ0n) is 11.6. The molecule has 1 N–H and O–H groups in total. The van der Waals surface area contributed by atoms with Crippen LogP contribution in [-0.2, 0) is 0 Å². The van der Waals surface area contributed by atoms with Crippen LogP contribution in [0.5, 0.6) is 11.8 Å². The van der Waals surface area contributed by atoms with E-state index in [-0.39, 0.29) is 11.6 Å². The summed E-state index contributed by atoms with van der Waals surface area (Å²) in [4.78, 5) is 15.1. The lowest BCUT2D eigenvalue weighted by Crippen LogP contribution is -1.94. The molecule has 1 heterocycles. The van der Waals surface area contributed by atoms with E-state index >= 15 is 0 Å². The maximum atomic E-state index is 10.9. The van der Waals surface area contributed by atoms with Crippen LogP contribution in [0, 0.1) is 13.8 Å². The van der Waals surface area contributed by atoms with Crippen molar-refractivity contribution in [3.8, 4) is 11.8 Å². The first-order valence-electron chi connectivity index (χ1n) is 6.42. The van der Waals surface area contributed by atoms with Crippen molar-refractivity contribution in [3.05, 3.63) is 53.1 Å². The first kappa shape index (κ1) is 13.2. The molecular weight excluding hydrogens is 270 g/mol. The predicted octanol–water partition coefficient (Wildman–Crippen LogP) is 3.94. The molecule has 0 aliphatic rings. The summed E-state index contributed by atoms with van der Waals surface area (Å²) in [6.07, 6.45) is 0.0933. The average Bonchev–Trinajstić information content (AvgIpc) is 2.84. The van der Waals surface area contributed by atoms with Crippen molar-refractivity contribution < 1.29 is 19.1 Å². The molecule has 1 aromatic heterocycles. The maximum Gasteiger partial charge on any atom is 0.400 e. The molecule has 0 saturated heterocycles. The zero-order chi connectivity index (χ0) is 15.0. The van der Waals surface area contributed by atoms with Crippen LogP contribution in [0.25, 0.3) is 11.1 Å². The number of hydrogen-bond acceptors (Lipinski definition) is 4. The Hall–Kier alpha value is -2.82. The lowest BCUT2D eigenvalue weighted by atomic mass is 10.1. The summed E-state index contributed by atoms with van der Waals surface area (Å²) in [5.41, 5.74) is 3.37. The molecule has 106 valence electrons. The predicted molar refractivity (Wildman–Crippen MR) is 77.0 cm³/mol. The standard InChI is InChI=1S/C16H13NO4/c1-9-3-5-12(7-10(9)2)20-16-17-13-6-4-11(15(18)19)8-14(13)21-16/h3-8H,1-2H3,(H,18,19). The molecule has 0 fully saturated rings. The van der Waals surface area contributed by atoms with Crippen LogP contribution in [-0.4, -0.2) is 16.1 Å². The molecule has 0 saturated carbocycles. The highest BCUT2D eigenvalue weighted by molar-refractivity contribution is 5.91. The van der Waals surface area contributed by atoms with E-state index in [0.717, 1.165) is 5.56 Å². The van der Waals surface area contributed by atoms with Crippen LogP contribution < -0.4 is 4.74 Å². The van der Waals surface area contributed by atoms with E-state index < -0.39 is 5.97 Å². The summed E-state index contributed by atoms with van der Waals surface area (Å²) in [5, 5.41) is 8.95. The third-order valence-electron chi connectivity index (χ3n) is 3.30. The van der Waals surface area contributed by atoms with Crippen molar-refractivity contribution in [2.75, 3.05) is 0 Å². The van der Waals surface area contributed by atoms with Crippen LogP contribution in [0.2, 0.25) is 0 Å². The van der Waals surface area contributed by atoms with Gasteiger partial charge < -0.3 is 14.3 Å². The fourth-order valence-corrected chi connectivity index (χ4v) is 1.96. The maximum absolute atomic E-state index is 10.9. The van der Waals surface area contributed by atoms with Gasteiger partial charge in [-0.3, -0.25) is 0 Å². The molecule has 0 amide bonds. The summed E-state index contributed by atoms with van der Waals surface area (Å²) in [6, 6.07) is 10.2. The largest absolute Gasteiger partial charge is 0.478 e. The van der Waals surface area contributed by atoms with Gasteiger partial charge in [0.25, 0.3) is 0 Å². The third kappa shape index (κ3) is 2.58. The van der Waals surface area contributed by atoms with Crippen molar-refractivity contribution in [2.24, 2.45) is 0 Å². The second-order valence-electron chi connectivity index (χ2n) is 4.82. The third-order valence-corrected chi connectivity index (χ3v) is 3.30. The molecular formula is C16H13NO4. The van der Waals surface area contributed by atoms with Gasteiger partial charge in [-0.05, 0) is 55.3 Å². The summed E-state index contributed by atoms with van der Waals surface area (Å²) in [7, 11) is 0. The summed E-state index contributed by atoms with van der Waals surface area (Å²) < 4.78 is 11.0. The minimum absolute atomic E-state index is 0.0933. The van der Waals surface area contributed by atoms with Crippen LogP contribution in [0.15, 0.2) is 40.8 Å². The van der Waals surface area contributed by atoms with E-state index in [9.17, 15) is 4.79 Å². The summed E-state index contributed by atoms with van der Waals surface area (Å²) in [6.45, 7) is 4.01. The second-order valence-corrected chi connectivity index (χ2v) is 4.82. The number of ether oxygens (including phenoxy) is 1. The van der Waals surface area contributed by atoms with Gasteiger partial charge in [0.1, 0.15) is 11.3 Å². The first-order chi connectivity index (χ1) is 10.0. The molecule has 0 radical (unpaired) electrons. The van der Waals surface area contributed by atoms with E-state index in [1.807, 2.05) is 32.0 Å². The molecule has 0 atom stereocenters. The van der Waals surface area contributed by atoms with Gasteiger partial charge in [0.2, 0.25) is 0 Å². The van der Waals surface area contributed by atoms with E-state index in [1.54, 1.807) is 6.07 Å². The number of fused-ring (bicyclic) bond motifs is 1. The number of carboxylic acid groups (broad SMARTS) is 1. The number of aryl methyl sites for hydroxylation is 2. The summed E-state index contributed by atoms with van der Waals surface area (Å²) in [5.74, 6) is -0.381. The fraction of sp³-hybridized carbons (Fsp3) is 0.125. The number of aromatic carboxylic acids is 1. The molecule has 0 unspecified atom stereocenters. The van der Waals surface area contributed by atoms with Gasteiger partial charge >= 0.3 is 12.0 Å². The number of carbonyl (C=O) groups is 1. The number of hydrogen-bond donors (Lipinski definition) is 1. The summed E-state index contributed by atoms with van der Waals surface area (Å²) >= 11 is 0. The quantitative estimate of drug-likeness (QED) is 0.788. The number of oxazole rings is 1. The van der Waals surface area contributed by atoms with Crippen molar-refractivity contribution in [2.45, 2.75) is 13.8 Å². The number of carboxylic acids is 1. The SMILES string of the molecule is Cc1ccc(Oc2nc3ccc(C(=O)O)cc3o2)cc1C. The smallest absolute Gasteiger partial charge is 0.400 e. The Labute approximate surface area is 120 Å². The normalized spacial score (nSPS) is 10.8. The monoisotopic (exact) mass is 283 g/mol. The molecule has 0 spiro atoms. The first-order valence-corrected chi connectivity index (χ1v) is 6.42. The van der Waals surface area contributed by atoms with Gasteiger partial charge in [0.05, 0.1) is 5.56 Å². The number of benzene rings is 2. The molecule has 2 aromatic carbocycles. The Morgan fingerprint density at radius 1 is 1.14 bits per heavy atom. The highest BCUT2D eigenvalue weighted by Gasteiger charge is 2.11. The Balaban J connectivity index is 1.93. The fourth-order valence-electron chi connectivity index (χ4n) is 1.96. The van der Waals surface area contributed by atoms with E-state index in [0.29, 0.717) is 16.8 Å². The van der Waals surface area contributed by atoms with Crippen LogP contribution >= 0.6 is 0 Å². The zero-order valence-corrected chi connectivity index (χ0v) is 11.6. The van der Waals surface area contributed by atoms with Crippen molar-refractivity contribution in [3.63, 3.8) is 0 Å². The Kier molecular flexibility index (Phi) is 3.10. The lowest BCUT2D eigenvalue weighted by molar-refractivity contribution is 0.0697. The molecule has 0 aliphatic heterocycles. The van der Waals surface area contributed by atoms with Crippen molar-refractivity contribution in [1.29, 1.82) is 0 Å². The minimum atomic E-state index is -1.01. The Bertz CT molecular complexity index is 835. The van der Waals surface area contributed by atoms with E-state index in [2.05, 4.69) is 4.98 Å². The molecule has 3 rings (SSSR count). The number of rotatable bonds is 3. The van der Waals surface area contributed by atoms with Crippen LogP contribution in [0.4, 0.5) is 0 Å². The van der Waals surface area contributed by atoms with Gasteiger partial charge in [-0.1, -0.05) is 6.07 Å². The van der Waals surface area contributed by atoms with Crippen LogP contribution in [0.1, 0.15) is 21.5 Å². The molecule has 3 aromatic rings. The molecule has 0 aliphatic carbocycles. The Morgan fingerprint density at radius 3 is 2.67 bits per heavy atom. The average molecular weight is 283 g/mol. The lowest BCUT2D eigenvalue weighted by Gasteiger charge is -2.03. The van der Waals surface area contributed by atoms with Crippen molar-refractivity contribution in [1.82, 2.24) is 4.98 Å².